The molecule has 0 spiro atoms. The molecule has 5 heteroatoms. The van der Waals surface area contributed by atoms with Gasteiger partial charge in [0.1, 0.15) is 0 Å². The quantitative estimate of drug-likeness (QED) is 0.778. The first-order valence-corrected chi connectivity index (χ1v) is 11.6. The van der Waals surface area contributed by atoms with E-state index in [0.29, 0.717) is 11.3 Å². The Kier molecular flexibility index (Phi) is 7.03. The van der Waals surface area contributed by atoms with Gasteiger partial charge >= 0.3 is 0 Å². The molecule has 2 fully saturated rings. The number of likely N-dealkylation sites (tertiary alicyclic amines) is 2. The lowest BCUT2D eigenvalue weighted by Crippen LogP contribution is -2.38. The molecule has 5 nitrogen and oxygen atoms in total. The van der Waals surface area contributed by atoms with Crippen LogP contribution in [0.15, 0.2) is 48.5 Å². The molecule has 2 aromatic rings. The van der Waals surface area contributed by atoms with Gasteiger partial charge in [0.25, 0.3) is 5.91 Å². The fourth-order valence-electron chi connectivity index (χ4n) is 4.66. The van der Waals surface area contributed by atoms with Gasteiger partial charge in [-0.05, 0) is 75.4 Å². The van der Waals surface area contributed by atoms with E-state index in [0.717, 1.165) is 58.4 Å². The number of piperidine rings is 2. The first-order chi connectivity index (χ1) is 15.1. The van der Waals surface area contributed by atoms with Crippen LogP contribution in [0.1, 0.15) is 53.6 Å². The molecule has 0 unspecified atom stereocenters. The SMILES string of the molecule is Cc1ccccc1CN1CCC(C(=O)Nc2ccccc2C(=O)N2CCCCC2)CC1. The van der Waals surface area contributed by atoms with Gasteiger partial charge < -0.3 is 10.2 Å². The average molecular weight is 420 g/mol. The molecule has 2 aliphatic rings. The molecule has 164 valence electrons. The third-order valence-corrected chi connectivity index (χ3v) is 6.67. The minimum Gasteiger partial charge on any atom is -0.339 e. The number of rotatable bonds is 5. The van der Waals surface area contributed by atoms with Crippen LogP contribution in [0.2, 0.25) is 0 Å². The van der Waals surface area contributed by atoms with Gasteiger partial charge in [-0.3, -0.25) is 14.5 Å². The molecule has 0 bridgehead atoms. The van der Waals surface area contributed by atoms with E-state index in [9.17, 15) is 9.59 Å². The summed E-state index contributed by atoms with van der Waals surface area (Å²) in [5, 5.41) is 3.07. The normalized spacial score (nSPS) is 18.0. The molecule has 0 atom stereocenters. The molecule has 2 saturated heterocycles. The molecule has 0 radical (unpaired) electrons. The highest BCUT2D eigenvalue weighted by Crippen LogP contribution is 2.24. The van der Waals surface area contributed by atoms with Gasteiger partial charge in [0.05, 0.1) is 11.3 Å². The number of para-hydroxylation sites is 1. The zero-order valence-corrected chi connectivity index (χ0v) is 18.5. The number of hydrogen-bond acceptors (Lipinski definition) is 3. The van der Waals surface area contributed by atoms with Crippen LogP contribution in [-0.4, -0.2) is 47.8 Å². The summed E-state index contributed by atoms with van der Waals surface area (Å²) in [6.45, 7) is 6.54. The number of anilines is 1. The van der Waals surface area contributed by atoms with E-state index in [2.05, 4.69) is 41.4 Å². The number of carbonyl (C=O) groups excluding carboxylic acids is 2. The first-order valence-electron chi connectivity index (χ1n) is 11.6. The number of nitrogens with zero attached hydrogens (tertiary/aromatic N) is 2. The highest BCUT2D eigenvalue weighted by atomic mass is 16.2. The Bertz CT molecular complexity index is 912. The summed E-state index contributed by atoms with van der Waals surface area (Å²) in [7, 11) is 0. The smallest absolute Gasteiger partial charge is 0.255 e. The maximum absolute atomic E-state index is 13.0. The fourth-order valence-corrected chi connectivity index (χ4v) is 4.66. The number of carbonyl (C=O) groups is 2. The Balaban J connectivity index is 1.34. The fraction of sp³-hybridized carbons (Fsp3) is 0.462. The summed E-state index contributed by atoms with van der Waals surface area (Å²) in [6.07, 6.45) is 4.99. The molecule has 1 N–H and O–H groups in total. The number of aryl methyl sites for hydroxylation is 1. The number of amides is 2. The second kappa shape index (κ2) is 10.1. The van der Waals surface area contributed by atoms with E-state index >= 15 is 0 Å². The number of benzene rings is 2. The van der Waals surface area contributed by atoms with Crippen LogP contribution < -0.4 is 5.32 Å². The van der Waals surface area contributed by atoms with Crippen molar-refractivity contribution in [1.82, 2.24) is 9.80 Å². The lowest BCUT2D eigenvalue weighted by molar-refractivity contribution is -0.121. The number of nitrogens with one attached hydrogen (secondary N) is 1. The van der Waals surface area contributed by atoms with Gasteiger partial charge in [0.15, 0.2) is 0 Å². The van der Waals surface area contributed by atoms with E-state index in [4.69, 9.17) is 0 Å². The Labute approximate surface area is 185 Å². The second-order valence-electron chi connectivity index (χ2n) is 8.86. The molecule has 2 aromatic carbocycles. The lowest BCUT2D eigenvalue weighted by atomic mass is 9.95. The first kappa shape index (κ1) is 21.6. The van der Waals surface area contributed by atoms with Gasteiger partial charge in [-0.25, -0.2) is 0 Å². The monoisotopic (exact) mass is 419 g/mol. The predicted molar refractivity (Wildman–Crippen MR) is 124 cm³/mol. The summed E-state index contributed by atoms with van der Waals surface area (Å²) in [5.74, 6) is 0.0596. The third kappa shape index (κ3) is 5.34. The van der Waals surface area contributed by atoms with Crippen LogP contribution in [-0.2, 0) is 11.3 Å². The molecule has 2 heterocycles. The highest BCUT2D eigenvalue weighted by molar-refractivity contribution is 6.04. The van der Waals surface area contributed by atoms with E-state index in [1.165, 1.54) is 17.5 Å². The maximum atomic E-state index is 13.0. The lowest BCUT2D eigenvalue weighted by Gasteiger charge is -2.32. The summed E-state index contributed by atoms with van der Waals surface area (Å²) in [4.78, 5) is 30.3. The number of hydrogen-bond donors (Lipinski definition) is 1. The molecule has 4 rings (SSSR count). The van der Waals surface area contributed by atoms with E-state index in [1.54, 1.807) is 0 Å². The van der Waals surface area contributed by atoms with E-state index in [1.807, 2.05) is 29.2 Å². The van der Waals surface area contributed by atoms with E-state index < -0.39 is 0 Å². The maximum Gasteiger partial charge on any atom is 0.255 e. The molecule has 2 amide bonds. The molecule has 0 saturated carbocycles. The summed E-state index contributed by atoms with van der Waals surface area (Å²) in [5.41, 5.74) is 3.92. The summed E-state index contributed by atoms with van der Waals surface area (Å²) < 4.78 is 0. The van der Waals surface area contributed by atoms with Crippen molar-refractivity contribution in [1.29, 1.82) is 0 Å². The van der Waals surface area contributed by atoms with Crippen LogP contribution in [0.5, 0.6) is 0 Å². The highest BCUT2D eigenvalue weighted by Gasteiger charge is 2.27. The largest absolute Gasteiger partial charge is 0.339 e. The molecule has 0 aromatic heterocycles. The zero-order chi connectivity index (χ0) is 21.6. The van der Waals surface area contributed by atoms with Gasteiger partial charge in [0, 0.05) is 25.6 Å². The van der Waals surface area contributed by atoms with Crippen LogP contribution >= 0.6 is 0 Å². The van der Waals surface area contributed by atoms with Crippen LogP contribution in [0, 0.1) is 12.8 Å². The van der Waals surface area contributed by atoms with E-state index in [-0.39, 0.29) is 17.7 Å². The summed E-state index contributed by atoms with van der Waals surface area (Å²) >= 11 is 0. The average Bonchev–Trinajstić information content (AvgIpc) is 2.81. The minimum atomic E-state index is -0.00809. The van der Waals surface area contributed by atoms with Gasteiger partial charge in [-0.2, -0.15) is 0 Å². The van der Waals surface area contributed by atoms with Crippen LogP contribution in [0.4, 0.5) is 5.69 Å². The Morgan fingerprint density at radius 2 is 1.58 bits per heavy atom. The van der Waals surface area contributed by atoms with Crippen LogP contribution in [0.25, 0.3) is 0 Å². The standard InChI is InChI=1S/C26H33N3O2/c1-20-9-3-4-10-22(20)19-28-17-13-21(14-18-28)25(30)27-24-12-6-5-11-23(24)26(31)29-15-7-2-8-16-29/h3-6,9-12,21H,2,7-8,13-19H2,1H3,(H,27,30). The van der Waals surface area contributed by atoms with Crippen LogP contribution in [0.3, 0.4) is 0 Å². The minimum absolute atomic E-state index is 0.00809. The summed E-state index contributed by atoms with van der Waals surface area (Å²) in [6, 6.07) is 15.9. The van der Waals surface area contributed by atoms with Crippen molar-refractivity contribution >= 4 is 17.5 Å². The Morgan fingerprint density at radius 3 is 2.32 bits per heavy atom. The van der Waals surface area contributed by atoms with Gasteiger partial charge in [-0.1, -0.05) is 36.4 Å². The molecular weight excluding hydrogens is 386 g/mol. The van der Waals surface area contributed by atoms with Crippen molar-refractivity contribution in [3.05, 3.63) is 65.2 Å². The zero-order valence-electron chi connectivity index (χ0n) is 18.5. The van der Waals surface area contributed by atoms with Crippen molar-refractivity contribution in [2.45, 2.75) is 45.6 Å². The molecular formula is C26H33N3O2. The van der Waals surface area contributed by atoms with Gasteiger partial charge in [0.2, 0.25) is 5.91 Å². The Hall–Kier alpha value is -2.66. The Morgan fingerprint density at radius 1 is 0.903 bits per heavy atom. The predicted octanol–water partition coefficient (Wildman–Crippen LogP) is 4.47. The third-order valence-electron chi connectivity index (χ3n) is 6.67. The molecule has 2 aliphatic heterocycles. The van der Waals surface area contributed by atoms with Crippen molar-refractivity contribution in [2.75, 3.05) is 31.5 Å². The van der Waals surface area contributed by atoms with Crippen molar-refractivity contribution in [3.8, 4) is 0 Å². The molecule has 31 heavy (non-hydrogen) atoms. The van der Waals surface area contributed by atoms with Crippen molar-refractivity contribution < 1.29 is 9.59 Å². The topological polar surface area (TPSA) is 52.7 Å². The van der Waals surface area contributed by atoms with Crippen molar-refractivity contribution in [2.24, 2.45) is 5.92 Å². The second-order valence-corrected chi connectivity index (χ2v) is 8.86. The van der Waals surface area contributed by atoms with Crippen molar-refractivity contribution in [3.63, 3.8) is 0 Å². The molecule has 0 aliphatic carbocycles. The van der Waals surface area contributed by atoms with Gasteiger partial charge in [-0.15, -0.1) is 0 Å².